The first-order valence-corrected chi connectivity index (χ1v) is 14.6. The van der Waals surface area contributed by atoms with Gasteiger partial charge in [0, 0.05) is 35.9 Å². The number of anilines is 1. The topological polar surface area (TPSA) is 148 Å². The molecule has 2 aromatic heterocycles. The first-order valence-electron chi connectivity index (χ1n) is 12.1. The lowest BCUT2D eigenvalue weighted by Gasteiger charge is -2.11. The summed E-state index contributed by atoms with van der Waals surface area (Å²) < 4.78 is 28.7. The van der Waals surface area contributed by atoms with E-state index >= 15 is 0 Å². The average molecular weight is 566 g/mol. The molecule has 0 bridgehead atoms. The number of rotatable bonds is 11. The summed E-state index contributed by atoms with van der Waals surface area (Å²) in [6.45, 7) is 2.35. The lowest BCUT2D eigenvalue weighted by molar-refractivity contribution is -0.113. The van der Waals surface area contributed by atoms with E-state index in [1.54, 1.807) is 12.4 Å². The molecule has 202 valence electrons. The quantitative estimate of drug-likeness (QED) is 0.183. The number of nitrogens with one attached hydrogen (secondary N) is 3. The number of carbonyl (C=O) groups excluding carboxylic acids is 2. The van der Waals surface area contributed by atoms with E-state index in [9.17, 15) is 18.0 Å². The predicted octanol–water partition coefficient (Wildman–Crippen LogP) is 3.85. The average Bonchev–Trinajstić information content (AvgIpc) is 3.37. The number of pyridine rings is 1. The van der Waals surface area contributed by atoms with E-state index in [4.69, 9.17) is 0 Å². The highest BCUT2D eigenvalue weighted by atomic mass is 32.2. The van der Waals surface area contributed by atoms with Crippen LogP contribution >= 0.6 is 11.8 Å². The Morgan fingerprint density at radius 3 is 2.44 bits per heavy atom. The Morgan fingerprint density at radius 2 is 1.74 bits per heavy atom. The van der Waals surface area contributed by atoms with Crippen molar-refractivity contribution in [3.8, 4) is 17.1 Å². The molecular formula is C26H27N7O4S2. The normalized spacial score (nSPS) is 11.1. The fraction of sp³-hybridized carbons (Fsp3) is 0.192. The molecule has 4 rings (SSSR count). The van der Waals surface area contributed by atoms with Crippen molar-refractivity contribution in [3.05, 3.63) is 79.1 Å². The standard InChI is InChI=1S/C26H27N7O4S2/c1-2-3-16-28-25(35)32-39(36,37)22-13-11-20(12-14-22)29-23(34)18-38-26-31-30-24(19-8-7-15-27-17-19)33(26)21-9-5-4-6-10-21/h4-15,17H,2-3,16,18H2,1H3,(H,29,34)(H2,28,32,35). The van der Waals surface area contributed by atoms with Crippen molar-refractivity contribution in [2.45, 2.75) is 29.8 Å². The number of hydrogen-bond acceptors (Lipinski definition) is 8. The first kappa shape index (κ1) is 27.8. The minimum Gasteiger partial charge on any atom is -0.337 e. The van der Waals surface area contributed by atoms with Gasteiger partial charge in [-0.05, 0) is 55.0 Å². The van der Waals surface area contributed by atoms with Crippen LogP contribution in [0.25, 0.3) is 17.1 Å². The molecule has 0 saturated heterocycles. The number of nitrogens with zero attached hydrogens (tertiary/aromatic N) is 4. The molecule has 0 atom stereocenters. The molecular weight excluding hydrogens is 538 g/mol. The molecule has 0 aliphatic carbocycles. The molecule has 2 heterocycles. The van der Waals surface area contributed by atoms with Crippen molar-refractivity contribution in [2.75, 3.05) is 17.6 Å². The molecule has 0 fully saturated rings. The van der Waals surface area contributed by atoms with E-state index in [0.717, 1.165) is 24.1 Å². The van der Waals surface area contributed by atoms with Gasteiger partial charge in [0.05, 0.1) is 10.6 Å². The van der Waals surface area contributed by atoms with Crippen molar-refractivity contribution in [1.29, 1.82) is 0 Å². The molecule has 11 nitrogen and oxygen atoms in total. The lowest BCUT2D eigenvalue weighted by atomic mass is 10.2. The van der Waals surface area contributed by atoms with E-state index in [0.29, 0.717) is 23.2 Å². The Bertz CT molecular complexity index is 1510. The predicted molar refractivity (Wildman–Crippen MR) is 149 cm³/mol. The maximum Gasteiger partial charge on any atom is 0.328 e. The summed E-state index contributed by atoms with van der Waals surface area (Å²) in [4.78, 5) is 28.6. The second-order valence-corrected chi connectivity index (χ2v) is 10.9. The zero-order valence-electron chi connectivity index (χ0n) is 21.1. The van der Waals surface area contributed by atoms with Gasteiger partial charge in [-0.2, -0.15) is 0 Å². The Balaban J connectivity index is 1.40. The van der Waals surface area contributed by atoms with Crippen LogP contribution < -0.4 is 15.4 Å². The molecule has 3 amide bonds. The Hall–Kier alpha value is -4.23. The number of amides is 3. The molecule has 3 N–H and O–H groups in total. The van der Waals surface area contributed by atoms with Crippen molar-refractivity contribution < 1.29 is 18.0 Å². The summed E-state index contributed by atoms with van der Waals surface area (Å²) in [5, 5.41) is 14.4. The second-order valence-electron chi connectivity index (χ2n) is 8.30. The van der Waals surface area contributed by atoms with Crippen LogP contribution in [0.2, 0.25) is 0 Å². The molecule has 0 aliphatic rings. The number of hydrogen-bond donors (Lipinski definition) is 3. The molecule has 39 heavy (non-hydrogen) atoms. The molecule has 2 aromatic carbocycles. The smallest absolute Gasteiger partial charge is 0.328 e. The summed E-state index contributed by atoms with van der Waals surface area (Å²) in [7, 11) is -4.04. The lowest BCUT2D eigenvalue weighted by Crippen LogP contribution is -2.39. The van der Waals surface area contributed by atoms with Gasteiger partial charge < -0.3 is 10.6 Å². The molecule has 0 unspecified atom stereocenters. The number of benzene rings is 2. The van der Waals surface area contributed by atoms with Gasteiger partial charge >= 0.3 is 6.03 Å². The van der Waals surface area contributed by atoms with E-state index in [2.05, 4.69) is 25.8 Å². The van der Waals surface area contributed by atoms with Gasteiger partial charge in [0.15, 0.2) is 11.0 Å². The van der Waals surface area contributed by atoms with E-state index in [1.807, 2.05) is 58.7 Å². The van der Waals surface area contributed by atoms with Gasteiger partial charge in [0.25, 0.3) is 10.0 Å². The van der Waals surface area contributed by atoms with E-state index < -0.39 is 16.1 Å². The van der Waals surface area contributed by atoms with Gasteiger partial charge in [-0.3, -0.25) is 14.3 Å². The minimum absolute atomic E-state index is 0.0392. The maximum atomic E-state index is 12.7. The number of thioether (sulfide) groups is 1. The molecule has 0 spiro atoms. The summed E-state index contributed by atoms with van der Waals surface area (Å²) in [5.74, 6) is 0.327. The zero-order valence-corrected chi connectivity index (χ0v) is 22.7. The third-order valence-electron chi connectivity index (χ3n) is 5.39. The van der Waals surface area contributed by atoms with Crippen LogP contribution in [0.1, 0.15) is 19.8 Å². The number of sulfonamides is 1. The van der Waals surface area contributed by atoms with E-state index in [-0.39, 0.29) is 16.6 Å². The SMILES string of the molecule is CCCCNC(=O)NS(=O)(=O)c1ccc(NC(=O)CSc2nnc(-c3cccnc3)n2-c2ccccc2)cc1. The van der Waals surface area contributed by atoms with Crippen molar-refractivity contribution in [2.24, 2.45) is 0 Å². The van der Waals surface area contributed by atoms with Crippen molar-refractivity contribution >= 4 is 39.4 Å². The van der Waals surface area contributed by atoms with Gasteiger partial charge in [-0.15, -0.1) is 10.2 Å². The first-order chi connectivity index (χ1) is 18.9. The van der Waals surface area contributed by atoms with Crippen LogP contribution in [0.3, 0.4) is 0 Å². The largest absolute Gasteiger partial charge is 0.337 e. The molecule has 0 aliphatic heterocycles. The Kier molecular flexibility index (Phi) is 9.28. The highest BCUT2D eigenvalue weighted by Crippen LogP contribution is 2.27. The van der Waals surface area contributed by atoms with Crippen LogP contribution in [0, 0.1) is 0 Å². The minimum atomic E-state index is -4.04. The van der Waals surface area contributed by atoms with Crippen molar-refractivity contribution in [3.63, 3.8) is 0 Å². The summed E-state index contributed by atoms with van der Waals surface area (Å²) in [6.07, 6.45) is 4.99. The van der Waals surface area contributed by atoms with Crippen LogP contribution in [0.15, 0.2) is 89.2 Å². The van der Waals surface area contributed by atoms with Crippen LogP contribution in [0.4, 0.5) is 10.5 Å². The van der Waals surface area contributed by atoms with E-state index in [1.165, 1.54) is 36.0 Å². The third kappa shape index (κ3) is 7.42. The van der Waals surface area contributed by atoms with Crippen LogP contribution in [-0.2, 0) is 14.8 Å². The fourth-order valence-corrected chi connectivity index (χ4v) is 5.18. The van der Waals surface area contributed by atoms with Crippen LogP contribution in [-0.4, -0.2) is 52.4 Å². The Labute approximate surface area is 230 Å². The maximum absolute atomic E-state index is 12.7. The molecule has 4 aromatic rings. The van der Waals surface area contributed by atoms with Gasteiger partial charge in [0.2, 0.25) is 5.91 Å². The molecule has 0 radical (unpaired) electrons. The number of carbonyl (C=O) groups is 2. The molecule has 13 heteroatoms. The van der Waals surface area contributed by atoms with Crippen LogP contribution in [0.5, 0.6) is 0 Å². The monoisotopic (exact) mass is 565 g/mol. The fourth-order valence-electron chi connectivity index (χ4n) is 3.50. The highest BCUT2D eigenvalue weighted by molar-refractivity contribution is 7.99. The third-order valence-corrected chi connectivity index (χ3v) is 7.67. The second kappa shape index (κ2) is 13.0. The highest BCUT2D eigenvalue weighted by Gasteiger charge is 2.19. The van der Waals surface area contributed by atoms with Gasteiger partial charge in [-0.1, -0.05) is 43.3 Å². The van der Waals surface area contributed by atoms with Gasteiger partial charge in [0.1, 0.15) is 0 Å². The van der Waals surface area contributed by atoms with Gasteiger partial charge in [-0.25, -0.2) is 17.9 Å². The summed E-state index contributed by atoms with van der Waals surface area (Å²) in [6, 6.07) is 18.0. The summed E-state index contributed by atoms with van der Waals surface area (Å²) >= 11 is 1.21. The number of para-hydroxylation sites is 1. The zero-order chi connectivity index (χ0) is 27.7. The molecule has 0 saturated carbocycles. The number of urea groups is 1. The van der Waals surface area contributed by atoms with Crippen molar-refractivity contribution in [1.82, 2.24) is 29.8 Å². The number of unbranched alkanes of at least 4 members (excludes halogenated alkanes) is 1. The number of aromatic nitrogens is 4. The Morgan fingerprint density at radius 1 is 0.974 bits per heavy atom. The summed E-state index contributed by atoms with van der Waals surface area (Å²) in [5.41, 5.74) is 2.04.